The molecule has 0 aromatic carbocycles. The summed E-state index contributed by atoms with van der Waals surface area (Å²) in [4.78, 5) is 51.7. The topological polar surface area (TPSA) is 228 Å². The predicted octanol–water partition coefficient (Wildman–Crippen LogP) is 5.24. The molecule has 14 heteroatoms. The summed E-state index contributed by atoms with van der Waals surface area (Å²) < 4.78 is 0. The molecule has 0 saturated heterocycles. The molecule has 0 radical (unpaired) electrons. The number of anilines is 1. The minimum Gasteiger partial charge on any atom is -0.510 e. The van der Waals surface area contributed by atoms with Gasteiger partial charge in [-0.1, -0.05) is 105 Å². The van der Waals surface area contributed by atoms with Crippen LogP contribution in [-0.2, 0) is 14.4 Å². The fourth-order valence-corrected chi connectivity index (χ4v) is 2.60. The third kappa shape index (κ3) is 27.5. The number of aliphatic hydroxyl groups excluding tert-OH is 2. The van der Waals surface area contributed by atoms with E-state index in [1.165, 1.54) is 0 Å². The van der Waals surface area contributed by atoms with E-state index >= 15 is 0 Å². The normalized spacial score (nSPS) is 9.87. The second-order valence-electron chi connectivity index (χ2n) is 10.7. The summed E-state index contributed by atoms with van der Waals surface area (Å²) in [5, 5.41) is 35.1. The molecule has 1 heterocycles. The third-order valence-electron chi connectivity index (χ3n) is 5.26. The van der Waals surface area contributed by atoms with Crippen LogP contribution in [0, 0.1) is 38.7 Å². The molecule has 0 bridgehead atoms. The molecule has 0 fully saturated rings. The van der Waals surface area contributed by atoms with Crippen LogP contribution in [0.1, 0.15) is 135 Å². The van der Waals surface area contributed by atoms with Crippen LogP contribution in [0.25, 0.3) is 0 Å². The van der Waals surface area contributed by atoms with Crippen molar-refractivity contribution in [1.29, 1.82) is 0 Å². The average Bonchev–Trinajstić information content (AvgIpc) is 3.28. The fourth-order valence-electron chi connectivity index (χ4n) is 2.60. The third-order valence-corrected chi connectivity index (χ3v) is 5.26. The average molecular weight is 658 g/mol. The van der Waals surface area contributed by atoms with Gasteiger partial charge in [0.2, 0.25) is 0 Å². The quantitative estimate of drug-likeness (QED) is 0.0638. The van der Waals surface area contributed by atoms with E-state index in [-0.39, 0.29) is 105 Å². The van der Waals surface area contributed by atoms with Gasteiger partial charge in [-0.2, -0.15) is 5.10 Å². The summed E-state index contributed by atoms with van der Waals surface area (Å²) in [6, 6.07) is 0. The van der Waals surface area contributed by atoms with Gasteiger partial charge in [0.05, 0.1) is 23.5 Å². The summed E-state index contributed by atoms with van der Waals surface area (Å²) in [7, 11) is 1.00. The van der Waals surface area contributed by atoms with Crippen LogP contribution in [0.2, 0.25) is 0 Å². The Bertz CT molecular complexity index is 914. The molecule has 0 atom stereocenters. The van der Waals surface area contributed by atoms with Crippen LogP contribution >= 0.6 is 0 Å². The second-order valence-corrected chi connectivity index (χ2v) is 10.7. The number of carbonyl (C=O) groups is 3. The number of allylic oxidation sites excluding steroid dienone is 2. The van der Waals surface area contributed by atoms with Gasteiger partial charge in [-0.05, 0) is 17.0 Å². The van der Waals surface area contributed by atoms with E-state index in [0.29, 0.717) is 11.8 Å². The van der Waals surface area contributed by atoms with Crippen LogP contribution in [0.4, 0.5) is 5.69 Å². The van der Waals surface area contributed by atoms with E-state index in [4.69, 9.17) is 21.0 Å². The molecule has 45 heavy (non-hydrogen) atoms. The predicted molar refractivity (Wildman–Crippen MR) is 183 cm³/mol. The van der Waals surface area contributed by atoms with Crippen LogP contribution in [0.3, 0.4) is 0 Å². The van der Waals surface area contributed by atoms with Crippen molar-refractivity contribution >= 4 is 23.0 Å². The molecule has 262 valence electrons. The zero-order chi connectivity index (χ0) is 33.6. The van der Waals surface area contributed by atoms with Gasteiger partial charge >= 0.3 is 29.6 Å². The number of H-pyrrole nitrogens is 1. The number of ketones is 3. The number of nitrogens with one attached hydrogen (secondary N) is 1. The standard InChI is InChI=1S/C9H17N3.C9H15NO3.C9H16O2.CH4O.3CH4.HNO2.Na/c1-5(2)8-7(10)9(6(3)4)12-11-8;1-5(2)8(11)7(10-13)9(12)6(3)4;1-6(2)8(10)5-9(11)7(3)4;1-2;;;;2-1-3;/h5-6H,10H2,1-4H3,(H,11,12);5-6,11H,1-4H3;6-7H,5H2,1-4H3;2H,1H3;3*1H4;(H,2,3);/q;;;;;;;;+1/p-1. The van der Waals surface area contributed by atoms with Crippen molar-refractivity contribution in [1.82, 2.24) is 10.2 Å². The summed E-state index contributed by atoms with van der Waals surface area (Å²) in [5.41, 5.74) is 8.44. The first-order valence-corrected chi connectivity index (χ1v) is 13.4. The molecular formula is C31H64N5NaO8. The smallest absolute Gasteiger partial charge is 0.510 e. The number of carbonyl (C=O) groups excluding carboxylic acids is 3. The molecule has 0 saturated carbocycles. The number of aromatic nitrogens is 2. The van der Waals surface area contributed by atoms with Gasteiger partial charge in [0, 0.05) is 30.8 Å². The number of hydrogen-bond donors (Lipinski definition) is 4. The first kappa shape index (κ1) is 61.5. The number of aliphatic hydroxyl groups is 2. The second kappa shape index (κ2) is 34.4. The van der Waals surface area contributed by atoms with E-state index in [0.717, 1.165) is 29.5 Å². The van der Waals surface area contributed by atoms with Crippen molar-refractivity contribution in [3.8, 4) is 0 Å². The van der Waals surface area contributed by atoms with E-state index in [1.807, 2.05) is 27.7 Å². The van der Waals surface area contributed by atoms with Crippen molar-refractivity contribution in [2.75, 3.05) is 12.8 Å². The van der Waals surface area contributed by atoms with Gasteiger partial charge < -0.3 is 26.1 Å². The van der Waals surface area contributed by atoms with E-state index < -0.39 is 5.78 Å². The van der Waals surface area contributed by atoms with E-state index in [1.54, 1.807) is 27.7 Å². The van der Waals surface area contributed by atoms with Crippen LogP contribution in [0.5, 0.6) is 0 Å². The maximum atomic E-state index is 11.3. The molecular weight excluding hydrogens is 593 g/mol. The first-order chi connectivity index (χ1) is 18.8. The maximum absolute atomic E-state index is 11.3. The Kier molecular flexibility index (Phi) is 47.0. The zero-order valence-corrected chi connectivity index (χ0v) is 29.9. The Morgan fingerprint density at radius 2 is 1.13 bits per heavy atom. The molecule has 0 spiro atoms. The van der Waals surface area contributed by atoms with Crippen LogP contribution < -0.4 is 35.3 Å². The van der Waals surface area contributed by atoms with Crippen LogP contribution in [-0.4, -0.2) is 44.9 Å². The molecule has 0 amide bonds. The summed E-state index contributed by atoms with van der Waals surface area (Å²) in [6.45, 7) is 22.3. The SMILES string of the molecule is C.C.C.CC(C)C(=O)C(N=O)=C(O)C(C)C.CC(C)C(=O)CC(=O)C(C)C.CC(C)c1n[nH]c(C(C)C)c1N.CO.O=N[O-].[Na+]. The molecule has 1 rings (SSSR count). The number of nitrogen functional groups attached to an aromatic ring is 1. The molecule has 0 unspecified atom stereocenters. The Morgan fingerprint density at radius 3 is 1.31 bits per heavy atom. The molecule has 5 N–H and O–H groups in total. The van der Waals surface area contributed by atoms with Crippen molar-refractivity contribution in [2.45, 2.75) is 124 Å². The van der Waals surface area contributed by atoms with Gasteiger partial charge in [-0.25, -0.2) is 0 Å². The molecule has 0 aliphatic rings. The van der Waals surface area contributed by atoms with Crippen molar-refractivity contribution < 1.29 is 54.2 Å². The number of aromatic amines is 1. The summed E-state index contributed by atoms with van der Waals surface area (Å²) in [6.07, 6.45) is 0.106. The van der Waals surface area contributed by atoms with Gasteiger partial charge in [0.25, 0.3) is 0 Å². The van der Waals surface area contributed by atoms with Gasteiger partial charge in [-0.15, -0.1) is 10.2 Å². The largest absolute Gasteiger partial charge is 1.00 e. The van der Waals surface area contributed by atoms with Crippen LogP contribution in [0.15, 0.2) is 22.0 Å². The molecule has 1 aromatic rings. The number of Topliss-reactive ketones (excluding diaryl/α,β-unsaturated/α-hetero) is 3. The first-order valence-electron chi connectivity index (χ1n) is 13.4. The van der Waals surface area contributed by atoms with Crippen molar-refractivity contribution in [3.05, 3.63) is 37.9 Å². The molecule has 1 aromatic heterocycles. The number of rotatable bonds is 10. The zero-order valence-electron chi connectivity index (χ0n) is 27.9. The van der Waals surface area contributed by atoms with Crippen molar-refractivity contribution in [3.63, 3.8) is 0 Å². The summed E-state index contributed by atoms with van der Waals surface area (Å²) >= 11 is 0. The van der Waals surface area contributed by atoms with E-state index in [2.05, 4.69) is 43.1 Å². The minimum atomic E-state index is -0.416. The monoisotopic (exact) mass is 657 g/mol. The molecule has 13 nitrogen and oxygen atoms in total. The minimum absolute atomic E-state index is 0. The Hall–Kier alpha value is -2.48. The molecule has 0 aliphatic carbocycles. The van der Waals surface area contributed by atoms with Gasteiger partial charge in [0.1, 0.15) is 17.3 Å². The van der Waals surface area contributed by atoms with Crippen molar-refractivity contribution in [2.24, 2.45) is 34.2 Å². The van der Waals surface area contributed by atoms with Gasteiger partial charge in [0.15, 0.2) is 11.5 Å². The summed E-state index contributed by atoms with van der Waals surface area (Å²) in [5.74, 6) is -0.347. The number of nitrogens with zero attached hydrogens (tertiary/aromatic N) is 3. The fraction of sp³-hybridized carbons (Fsp3) is 0.742. The number of nitroso groups, excluding NO2 is 1. The Labute approximate surface area is 294 Å². The number of nitrogens with two attached hydrogens (primary N) is 1. The van der Waals surface area contributed by atoms with E-state index in [9.17, 15) is 24.4 Å². The maximum Gasteiger partial charge on any atom is 1.00 e. The number of hydrogen-bond acceptors (Lipinski definition) is 12. The molecule has 0 aliphatic heterocycles. The Morgan fingerprint density at radius 1 is 0.778 bits per heavy atom. The Balaban J connectivity index is -0.0000000681. The van der Waals surface area contributed by atoms with Gasteiger partial charge in [-0.3, -0.25) is 19.5 Å².